The lowest BCUT2D eigenvalue weighted by Crippen LogP contribution is -2.17. The highest BCUT2D eigenvalue weighted by molar-refractivity contribution is 5.72. The van der Waals surface area contributed by atoms with Gasteiger partial charge in [-0.25, -0.2) is 4.98 Å². The van der Waals surface area contributed by atoms with Gasteiger partial charge in [0.25, 0.3) is 0 Å². The highest BCUT2D eigenvalue weighted by atomic mass is 19.4. The molecule has 2 aromatic rings. The fourth-order valence-electron chi connectivity index (χ4n) is 2.03. The summed E-state index contributed by atoms with van der Waals surface area (Å²) in [4.78, 5) is 17.8. The molecule has 0 saturated heterocycles. The lowest BCUT2D eigenvalue weighted by molar-refractivity contribution is -0.141. The van der Waals surface area contributed by atoms with Crippen LogP contribution in [0.4, 0.5) is 30.6 Å². The minimum Gasteiger partial charge on any atom is -0.480 e. The maximum atomic E-state index is 13.0. The molecule has 0 aliphatic rings. The summed E-state index contributed by atoms with van der Waals surface area (Å²) in [6.45, 7) is 3.03. The van der Waals surface area contributed by atoms with Crippen LogP contribution in [0.15, 0.2) is 24.3 Å². The standard InChI is InChI=1S/C15H15F3N4O2/c1-8-4-3-5-9(2)13(8)21-11-6-10(15(16,17)18)20-14(22-11)19-7-12(23)24/h3-6H,7H2,1-2H3,(H,23,24)(H2,19,20,21,22). The average molecular weight is 340 g/mol. The van der Waals surface area contributed by atoms with Crippen LogP contribution in [0, 0.1) is 13.8 Å². The zero-order valence-electron chi connectivity index (χ0n) is 12.9. The van der Waals surface area contributed by atoms with E-state index in [1.165, 1.54) is 0 Å². The number of carbonyl (C=O) groups is 1. The predicted octanol–water partition coefficient (Wildman–Crippen LogP) is 3.35. The lowest BCUT2D eigenvalue weighted by atomic mass is 10.1. The summed E-state index contributed by atoms with van der Waals surface area (Å²) in [5, 5.41) is 13.7. The Hall–Kier alpha value is -2.84. The molecule has 1 aromatic carbocycles. The zero-order chi connectivity index (χ0) is 17.9. The molecule has 1 aromatic heterocycles. The van der Waals surface area contributed by atoms with Crippen LogP contribution in [0.5, 0.6) is 0 Å². The molecule has 0 aliphatic carbocycles. The Bertz CT molecular complexity index is 743. The number of aliphatic carboxylic acids is 1. The maximum Gasteiger partial charge on any atom is 0.433 e. The topological polar surface area (TPSA) is 87.1 Å². The van der Waals surface area contributed by atoms with E-state index >= 15 is 0 Å². The van der Waals surface area contributed by atoms with E-state index in [9.17, 15) is 18.0 Å². The Labute approximate surface area is 135 Å². The third kappa shape index (κ3) is 4.34. The van der Waals surface area contributed by atoms with Gasteiger partial charge in [0.1, 0.15) is 12.4 Å². The number of nitrogens with zero attached hydrogens (tertiary/aromatic N) is 2. The van der Waals surface area contributed by atoms with Crippen LogP contribution in [-0.4, -0.2) is 27.6 Å². The van der Waals surface area contributed by atoms with Gasteiger partial charge in [-0.05, 0) is 25.0 Å². The number of anilines is 3. The highest BCUT2D eigenvalue weighted by Crippen LogP contribution is 2.31. The number of rotatable bonds is 5. The fraction of sp³-hybridized carbons (Fsp3) is 0.267. The number of aromatic nitrogens is 2. The van der Waals surface area contributed by atoms with E-state index in [1.54, 1.807) is 0 Å². The summed E-state index contributed by atoms with van der Waals surface area (Å²) in [6.07, 6.45) is -4.68. The van der Waals surface area contributed by atoms with E-state index in [2.05, 4.69) is 20.6 Å². The molecule has 9 heteroatoms. The Morgan fingerprint density at radius 2 is 1.83 bits per heavy atom. The smallest absolute Gasteiger partial charge is 0.433 e. The van der Waals surface area contributed by atoms with Crippen LogP contribution >= 0.6 is 0 Å². The van der Waals surface area contributed by atoms with Gasteiger partial charge in [-0.2, -0.15) is 18.2 Å². The summed E-state index contributed by atoms with van der Waals surface area (Å²) in [6, 6.07) is 6.23. The number of aryl methyl sites for hydroxylation is 2. The first-order valence-corrected chi connectivity index (χ1v) is 6.92. The monoisotopic (exact) mass is 340 g/mol. The van der Waals surface area contributed by atoms with Crippen molar-refractivity contribution < 1.29 is 23.1 Å². The number of nitrogens with one attached hydrogen (secondary N) is 2. The molecule has 0 aliphatic heterocycles. The third-order valence-corrected chi connectivity index (χ3v) is 3.15. The largest absolute Gasteiger partial charge is 0.480 e. The first-order valence-electron chi connectivity index (χ1n) is 6.92. The Morgan fingerprint density at radius 1 is 1.21 bits per heavy atom. The fourth-order valence-corrected chi connectivity index (χ4v) is 2.03. The molecule has 0 bridgehead atoms. The maximum absolute atomic E-state index is 13.0. The first kappa shape index (κ1) is 17.5. The third-order valence-electron chi connectivity index (χ3n) is 3.15. The number of halogens is 3. The average Bonchev–Trinajstić information content (AvgIpc) is 2.48. The van der Waals surface area contributed by atoms with Gasteiger partial charge < -0.3 is 15.7 Å². The van der Waals surface area contributed by atoms with Crippen LogP contribution in [-0.2, 0) is 11.0 Å². The number of alkyl halides is 3. The zero-order valence-corrected chi connectivity index (χ0v) is 12.9. The minimum absolute atomic E-state index is 0.0809. The van der Waals surface area contributed by atoms with E-state index in [4.69, 9.17) is 5.11 Å². The molecule has 0 atom stereocenters. The lowest BCUT2D eigenvalue weighted by Gasteiger charge is -2.15. The number of hydrogen-bond acceptors (Lipinski definition) is 5. The predicted molar refractivity (Wildman–Crippen MR) is 82.4 cm³/mol. The van der Waals surface area contributed by atoms with E-state index in [-0.39, 0.29) is 5.82 Å². The van der Waals surface area contributed by atoms with Crippen molar-refractivity contribution >= 4 is 23.4 Å². The molecule has 2 rings (SSSR count). The summed E-state index contributed by atoms with van der Waals surface area (Å²) in [5.74, 6) is -1.73. The van der Waals surface area contributed by atoms with Crippen molar-refractivity contribution in [3.05, 3.63) is 41.1 Å². The quantitative estimate of drug-likeness (QED) is 0.774. The van der Waals surface area contributed by atoms with Crippen molar-refractivity contribution in [2.24, 2.45) is 0 Å². The second-order valence-electron chi connectivity index (χ2n) is 5.10. The van der Waals surface area contributed by atoms with Crippen LogP contribution in [0.25, 0.3) is 0 Å². The molecule has 0 radical (unpaired) electrons. The number of carboxylic acid groups (broad SMARTS) is 1. The summed E-state index contributed by atoms with van der Waals surface area (Å²) < 4.78 is 38.9. The van der Waals surface area contributed by atoms with Crippen LogP contribution in [0.2, 0.25) is 0 Å². The molecule has 0 fully saturated rings. The van der Waals surface area contributed by atoms with E-state index in [0.717, 1.165) is 17.2 Å². The van der Waals surface area contributed by atoms with E-state index in [0.29, 0.717) is 5.69 Å². The number of para-hydroxylation sites is 1. The van der Waals surface area contributed by atoms with Crippen molar-refractivity contribution in [3.8, 4) is 0 Å². The van der Waals surface area contributed by atoms with Gasteiger partial charge in [0.05, 0.1) is 0 Å². The molecule has 24 heavy (non-hydrogen) atoms. The number of hydrogen-bond donors (Lipinski definition) is 3. The SMILES string of the molecule is Cc1cccc(C)c1Nc1cc(C(F)(F)F)nc(NCC(=O)O)n1. The van der Waals surface area contributed by atoms with Crippen molar-refractivity contribution in [2.75, 3.05) is 17.2 Å². The van der Waals surface area contributed by atoms with Crippen molar-refractivity contribution in [1.29, 1.82) is 0 Å². The number of benzene rings is 1. The second-order valence-corrected chi connectivity index (χ2v) is 5.10. The molecule has 3 N–H and O–H groups in total. The van der Waals surface area contributed by atoms with Gasteiger partial charge in [0.15, 0.2) is 5.69 Å². The minimum atomic E-state index is -4.68. The highest BCUT2D eigenvalue weighted by Gasteiger charge is 2.33. The summed E-state index contributed by atoms with van der Waals surface area (Å²) in [5.41, 5.74) is 1.14. The summed E-state index contributed by atoms with van der Waals surface area (Å²) >= 11 is 0. The van der Waals surface area contributed by atoms with Gasteiger partial charge in [-0.1, -0.05) is 18.2 Å². The second kappa shape index (κ2) is 6.73. The molecule has 0 unspecified atom stereocenters. The van der Waals surface area contributed by atoms with Gasteiger partial charge in [-0.15, -0.1) is 0 Å². The van der Waals surface area contributed by atoms with Gasteiger partial charge in [0, 0.05) is 11.8 Å². The Kier molecular flexibility index (Phi) is 4.91. The summed E-state index contributed by atoms with van der Waals surface area (Å²) in [7, 11) is 0. The van der Waals surface area contributed by atoms with E-state index in [1.807, 2.05) is 32.0 Å². The van der Waals surface area contributed by atoms with Gasteiger partial charge >= 0.3 is 12.1 Å². The molecule has 1 heterocycles. The van der Waals surface area contributed by atoms with E-state index < -0.39 is 30.3 Å². The molecule has 0 amide bonds. The molecule has 128 valence electrons. The molecular weight excluding hydrogens is 325 g/mol. The molecule has 0 saturated carbocycles. The van der Waals surface area contributed by atoms with Crippen LogP contribution < -0.4 is 10.6 Å². The number of carboxylic acids is 1. The molecule has 0 spiro atoms. The first-order chi connectivity index (χ1) is 11.2. The normalized spacial score (nSPS) is 11.2. The van der Waals surface area contributed by atoms with Gasteiger partial charge in [0.2, 0.25) is 5.95 Å². The Balaban J connectivity index is 2.41. The van der Waals surface area contributed by atoms with Gasteiger partial charge in [-0.3, -0.25) is 4.79 Å². The molecule has 6 nitrogen and oxygen atoms in total. The van der Waals surface area contributed by atoms with Crippen LogP contribution in [0.3, 0.4) is 0 Å². The Morgan fingerprint density at radius 3 is 2.38 bits per heavy atom. The van der Waals surface area contributed by atoms with Crippen molar-refractivity contribution in [3.63, 3.8) is 0 Å². The van der Waals surface area contributed by atoms with Crippen LogP contribution in [0.1, 0.15) is 16.8 Å². The van der Waals surface area contributed by atoms with Crippen molar-refractivity contribution in [2.45, 2.75) is 20.0 Å². The molecular formula is C15H15F3N4O2. The van der Waals surface area contributed by atoms with Crippen molar-refractivity contribution in [1.82, 2.24) is 9.97 Å².